The molecule has 0 aliphatic carbocycles. The Balaban J connectivity index is 3.48. The van der Waals surface area contributed by atoms with Gasteiger partial charge in [-0.25, -0.2) is 18.4 Å². The van der Waals surface area contributed by atoms with Crippen molar-refractivity contribution in [2.45, 2.75) is 25.7 Å². The summed E-state index contributed by atoms with van der Waals surface area (Å²) in [5.74, 6) is 0.602. The summed E-state index contributed by atoms with van der Waals surface area (Å²) in [4.78, 5) is 8.17. The Morgan fingerprint density at radius 1 is 1.00 bits per heavy atom. The largest absolute Gasteiger partial charge is 0.237 e. The molecule has 1 aromatic rings. The predicted octanol–water partition coefficient (Wildman–Crippen LogP) is 0.372. The second kappa shape index (κ2) is 3.18. The molecule has 12 heavy (non-hydrogen) atoms. The van der Waals surface area contributed by atoms with Crippen LogP contribution < -0.4 is 0 Å². The molecular weight excluding hydrogens is 176 g/mol. The molecule has 0 radical (unpaired) electrons. The minimum atomic E-state index is -2.57. The van der Waals surface area contributed by atoms with Gasteiger partial charge >= 0.3 is 0 Å². The highest BCUT2D eigenvalue weighted by atomic mass is 32.2. The van der Waals surface area contributed by atoms with Gasteiger partial charge in [0.15, 0.2) is 10.7 Å². The van der Waals surface area contributed by atoms with Crippen molar-refractivity contribution in [1.82, 2.24) is 9.97 Å². The van der Waals surface area contributed by atoms with Gasteiger partial charge in [0, 0.05) is 0 Å². The van der Waals surface area contributed by atoms with Crippen LogP contribution in [-0.2, 0) is 10.7 Å². The minimum absolute atomic E-state index is 0.246. The number of thiol groups is 1. The molecule has 66 valence electrons. The maximum atomic E-state index is 10.7. The lowest BCUT2D eigenvalue weighted by atomic mass is 10.3. The van der Waals surface area contributed by atoms with E-state index in [4.69, 9.17) is 0 Å². The Morgan fingerprint density at radius 3 is 1.75 bits per heavy atom. The molecule has 0 atom stereocenters. The fourth-order valence-electron chi connectivity index (χ4n) is 1.14. The Kier molecular flexibility index (Phi) is 2.42. The molecule has 4 nitrogen and oxygen atoms in total. The standard InChI is InChI=1S/C7H10N2O2S/c1-4-7(12(10)11)5(2)9-6(3)8-4/h12H,1-3H3. The van der Waals surface area contributed by atoms with Gasteiger partial charge in [-0.05, 0) is 20.8 Å². The van der Waals surface area contributed by atoms with Crippen molar-refractivity contribution in [3.63, 3.8) is 0 Å². The zero-order valence-electron chi connectivity index (χ0n) is 7.16. The zero-order chi connectivity index (χ0) is 9.30. The Labute approximate surface area is 72.6 Å². The smallest absolute Gasteiger partial charge is 0.171 e. The van der Waals surface area contributed by atoms with Gasteiger partial charge in [0.05, 0.1) is 11.4 Å². The van der Waals surface area contributed by atoms with Crippen LogP contribution in [0.1, 0.15) is 17.2 Å². The van der Waals surface area contributed by atoms with E-state index in [2.05, 4.69) is 9.97 Å². The lowest BCUT2D eigenvalue weighted by molar-refractivity contribution is 0.611. The van der Waals surface area contributed by atoms with E-state index in [1.165, 1.54) is 0 Å². The fraction of sp³-hybridized carbons (Fsp3) is 0.429. The van der Waals surface area contributed by atoms with E-state index in [1.807, 2.05) is 0 Å². The summed E-state index contributed by atoms with van der Waals surface area (Å²) in [6.45, 7) is 5.08. The Bertz CT molecular complexity index is 354. The SMILES string of the molecule is Cc1nc(C)c([SH](=O)=O)c(C)n1. The van der Waals surface area contributed by atoms with Gasteiger partial charge in [0.2, 0.25) is 0 Å². The summed E-state index contributed by atoms with van der Waals surface area (Å²) in [5, 5.41) is 0. The highest BCUT2D eigenvalue weighted by Gasteiger charge is 2.07. The number of aromatic nitrogens is 2. The van der Waals surface area contributed by atoms with Crippen LogP contribution in [0.4, 0.5) is 0 Å². The molecular formula is C7H10N2O2S. The van der Waals surface area contributed by atoms with E-state index in [-0.39, 0.29) is 4.90 Å². The van der Waals surface area contributed by atoms with Gasteiger partial charge in [-0.1, -0.05) is 0 Å². The summed E-state index contributed by atoms with van der Waals surface area (Å²) in [6.07, 6.45) is 0. The Morgan fingerprint density at radius 2 is 1.42 bits per heavy atom. The lowest BCUT2D eigenvalue weighted by Crippen LogP contribution is -2.00. The van der Waals surface area contributed by atoms with Crippen molar-refractivity contribution in [3.8, 4) is 0 Å². The van der Waals surface area contributed by atoms with Crippen LogP contribution in [0.25, 0.3) is 0 Å². The van der Waals surface area contributed by atoms with Crippen LogP contribution >= 0.6 is 0 Å². The van der Waals surface area contributed by atoms with Crippen molar-refractivity contribution < 1.29 is 8.42 Å². The third-order valence-electron chi connectivity index (χ3n) is 1.53. The van der Waals surface area contributed by atoms with Gasteiger partial charge in [0.25, 0.3) is 0 Å². The fourth-order valence-corrected chi connectivity index (χ4v) is 1.77. The number of hydrogen-bond acceptors (Lipinski definition) is 4. The van der Waals surface area contributed by atoms with Crippen LogP contribution in [0, 0.1) is 20.8 Å². The molecule has 0 aliphatic rings. The van der Waals surface area contributed by atoms with Gasteiger partial charge in [-0.15, -0.1) is 0 Å². The molecule has 0 fully saturated rings. The first-order valence-corrected chi connectivity index (χ1v) is 4.66. The molecule has 5 heteroatoms. The maximum Gasteiger partial charge on any atom is 0.171 e. The van der Waals surface area contributed by atoms with Crippen molar-refractivity contribution in [3.05, 3.63) is 17.2 Å². The van der Waals surface area contributed by atoms with Gasteiger partial charge < -0.3 is 0 Å². The summed E-state index contributed by atoms with van der Waals surface area (Å²) in [6, 6.07) is 0. The molecule has 0 aromatic carbocycles. The van der Waals surface area contributed by atoms with Gasteiger partial charge in [-0.3, -0.25) is 0 Å². The molecule has 1 aromatic heterocycles. The molecule has 1 rings (SSSR count). The van der Waals surface area contributed by atoms with E-state index < -0.39 is 10.7 Å². The monoisotopic (exact) mass is 186 g/mol. The molecule has 0 aliphatic heterocycles. The van der Waals surface area contributed by atoms with E-state index >= 15 is 0 Å². The quantitative estimate of drug-likeness (QED) is 0.644. The minimum Gasteiger partial charge on any atom is -0.237 e. The van der Waals surface area contributed by atoms with Crippen molar-refractivity contribution in [2.24, 2.45) is 0 Å². The maximum absolute atomic E-state index is 10.7. The third kappa shape index (κ3) is 1.61. The average molecular weight is 186 g/mol. The summed E-state index contributed by atoms with van der Waals surface area (Å²) in [7, 11) is -2.57. The van der Waals surface area contributed by atoms with E-state index in [0.717, 1.165) is 0 Å². The molecule has 0 unspecified atom stereocenters. The first-order valence-electron chi connectivity index (χ1n) is 3.48. The van der Waals surface area contributed by atoms with Crippen LogP contribution in [0.15, 0.2) is 4.90 Å². The van der Waals surface area contributed by atoms with E-state index in [0.29, 0.717) is 17.2 Å². The number of hydrogen-bond donors (Lipinski definition) is 1. The highest BCUT2D eigenvalue weighted by Crippen LogP contribution is 2.10. The summed E-state index contributed by atoms with van der Waals surface area (Å²) < 4.78 is 21.4. The highest BCUT2D eigenvalue weighted by molar-refractivity contribution is 7.72. The van der Waals surface area contributed by atoms with Crippen molar-refractivity contribution >= 4 is 10.7 Å². The van der Waals surface area contributed by atoms with Crippen LogP contribution in [0.3, 0.4) is 0 Å². The zero-order valence-corrected chi connectivity index (χ0v) is 8.05. The second-order valence-electron chi connectivity index (χ2n) is 2.55. The molecule has 1 heterocycles. The Hall–Kier alpha value is -0.970. The van der Waals surface area contributed by atoms with Gasteiger partial charge in [-0.2, -0.15) is 0 Å². The van der Waals surface area contributed by atoms with Crippen molar-refractivity contribution in [2.75, 3.05) is 0 Å². The van der Waals surface area contributed by atoms with E-state index in [9.17, 15) is 8.42 Å². The van der Waals surface area contributed by atoms with Crippen LogP contribution in [0.5, 0.6) is 0 Å². The average Bonchev–Trinajstić information content (AvgIpc) is 1.82. The van der Waals surface area contributed by atoms with Crippen LogP contribution in [-0.4, -0.2) is 18.4 Å². The second-order valence-corrected chi connectivity index (χ2v) is 3.51. The summed E-state index contributed by atoms with van der Waals surface area (Å²) >= 11 is 0. The molecule has 0 amide bonds. The normalized spacial score (nSPS) is 10.7. The molecule has 0 N–H and O–H groups in total. The van der Waals surface area contributed by atoms with Crippen LogP contribution in [0.2, 0.25) is 0 Å². The molecule has 0 spiro atoms. The first-order chi connectivity index (χ1) is 5.52. The molecule has 0 saturated heterocycles. The predicted molar refractivity (Wildman–Crippen MR) is 44.8 cm³/mol. The topological polar surface area (TPSA) is 59.9 Å². The molecule has 0 saturated carbocycles. The van der Waals surface area contributed by atoms with Crippen molar-refractivity contribution in [1.29, 1.82) is 0 Å². The number of rotatable bonds is 1. The van der Waals surface area contributed by atoms with Gasteiger partial charge in [0.1, 0.15) is 10.7 Å². The van der Waals surface area contributed by atoms with E-state index in [1.54, 1.807) is 20.8 Å². The summed E-state index contributed by atoms with van der Waals surface area (Å²) in [5.41, 5.74) is 1.05. The lowest BCUT2D eigenvalue weighted by Gasteiger charge is -2.01. The third-order valence-corrected chi connectivity index (χ3v) is 2.54. The number of aryl methyl sites for hydroxylation is 3. The first kappa shape index (κ1) is 9.12. The number of nitrogens with zero attached hydrogens (tertiary/aromatic N) is 2. The molecule has 0 bridgehead atoms.